The Kier molecular flexibility index (Phi) is 4.55. The van der Waals surface area contributed by atoms with E-state index in [0.717, 1.165) is 20.2 Å². The average molecular weight is 386 g/mol. The Bertz CT molecular complexity index is 600. The summed E-state index contributed by atoms with van der Waals surface area (Å²) in [4.78, 5) is 10.2. The van der Waals surface area contributed by atoms with Gasteiger partial charge in [0.05, 0.1) is 4.92 Å². The highest BCUT2D eigenvalue weighted by atomic mass is 79.9. The van der Waals surface area contributed by atoms with E-state index in [1.807, 2.05) is 24.3 Å². The summed E-state index contributed by atoms with van der Waals surface area (Å²) in [7, 11) is 0. The highest BCUT2D eigenvalue weighted by Gasteiger charge is 2.08. The molecule has 0 bridgehead atoms. The molecule has 6 heteroatoms. The molecular weight excluding hydrogens is 376 g/mol. The van der Waals surface area contributed by atoms with E-state index in [4.69, 9.17) is 0 Å². The molecule has 0 aliphatic carbocycles. The van der Waals surface area contributed by atoms with Gasteiger partial charge in [-0.3, -0.25) is 10.1 Å². The van der Waals surface area contributed by atoms with Crippen molar-refractivity contribution in [3.63, 3.8) is 0 Å². The Balaban J connectivity index is 2.07. The number of hydrogen-bond acceptors (Lipinski definition) is 3. The molecular formula is C13H10Br2N2O2. The molecule has 0 saturated carbocycles. The molecule has 0 aliphatic heterocycles. The van der Waals surface area contributed by atoms with Crippen molar-refractivity contribution in [2.24, 2.45) is 0 Å². The van der Waals surface area contributed by atoms with Crippen LogP contribution in [0.1, 0.15) is 5.56 Å². The van der Waals surface area contributed by atoms with E-state index < -0.39 is 4.92 Å². The van der Waals surface area contributed by atoms with Gasteiger partial charge >= 0.3 is 0 Å². The van der Waals surface area contributed by atoms with Gasteiger partial charge in [0.2, 0.25) is 0 Å². The van der Waals surface area contributed by atoms with E-state index in [9.17, 15) is 10.1 Å². The van der Waals surface area contributed by atoms with Gasteiger partial charge in [-0.25, -0.2) is 0 Å². The minimum Gasteiger partial charge on any atom is -0.381 e. The maximum Gasteiger partial charge on any atom is 0.270 e. The third kappa shape index (κ3) is 3.78. The lowest BCUT2D eigenvalue weighted by atomic mass is 10.2. The first kappa shape index (κ1) is 14.0. The van der Waals surface area contributed by atoms with E-state index in [2.05, 4.69) is 37.2 Å². The molecule has 2 rings (SSSR count). The second-order valence-electron chi connectivity index (χ2n) is 3.89. The third-order valence-electron chi connectivity index (χ3n) is 2.57. The first-order valence-electron chi connectivity index (χ1n) is 5.48. The summed E-state index contributed by atoms with van der Waals surface area (Å²) in [6, 6.07) is 12.6. The van der Waals surface area contributed by atoms with Crippen LogP contribution in [-0.2, 0) is 6.54 Å². The summed E-state index contributed by atoms with van der Waals surface area (Å²) in [6.07, 6.45) is 0. The maximum absolute atomic E-state index is 10.6. The molecule has 0 atom stereocenters. The van der Waals surface area contributed by atoms with Crippen molar-refractivity contribution in [2.75, 3.05) is 5.32 Å². The number of non-ortho nitro benzene ring substituents is 1. The molecule has 19 heavy (non-hydrogen) atoms. The van der Waals surface area contributed by atoms with Crippen LogP contribution < -0.4 is 5.32 Å². The maximum atomic E-state index is 10.6. The average Bonchev–Trinajstić information content (AvgIpc) is 2.39. The zero-order valence-electron chi connectivity index (χ0n) is 9.77. The minimum atomic E-state index is -0.406. The van der Waals surface area contributed by atoms with Crippen molar-refractivity contribution in [1.29, 1.82) is 0 Å². The number of nitro groups is 1. The van der Waals surface area contributed by atoms with Crippen LogP contribution in [-0.4, -0.2) is 4.92 Å². The van der Waals surface area contributed by atoms with Crippen molar-refractivity contribution in [3.8, 4) is 0 Å². The molecule has 2 aromatic rings. The molecule has 0 amide bonds. The first-order valence-corrected chi connectivity index (χ1v) is 7.07. The zero-order chi connectivity index (χ0) is 13.8. The molecule has 0 spiro atoms. The van der Waals surface area contributed by atoms with Gasteiger partial charge < -0.3 is 5.32 Å². The van der Waals surface area contributed by atoms with Crippen LogP contribution in [0.3, 0.4) is 0 Å². The van der Waals surface area contributed by atoms with E-state index >= 15 is 0 Å². The number of nitrogens with zero attached hydrogens (tertiary/aromatic N) is 1. The molecule has 0 aliphatic rings. The molecule has 4 nitrogen and oxygen atoms in total. The standard InChI is InChI=1S/C13H10Br2N2O2/c14-10-2-4-11(5-3-10)16-8-9-1-6-12(17(18)19)7-13(9)15/h1-7,16H,8H2. The minimum absolute atomic E-state index is 0.0827. The van der Waals surface area contributed by atoms with Gasteiger partial charge in [0.1, 0.15) is 0 Å². The van der Waals surface area contributed by atoms with E-state index in [-0.39, 0.29) is 5.69 Å². The normalized spacial score (nSPS) is 10.2. The number of halogens is 2. The van der Waals surface area contributed by atoms with Gasteiger partial charge in [0.25, 0.3) is 5.69 Å². The van der Waals surface area contributed by atoms with Gasteiger partial charge in [-0.1, -0.05) is 31.9 Å². The summed E-state index contributed by atoms with van der Waals surface area (Å²) in [6.45, 7) is 0.597. The SMILES string of the molecule is O=[N+]([O-])c1ccc(CNc2ccc(Br)cc2)c(Br)c1. The van der Waals surface area contributed by atoms with Crippen molar-refractivity contribution in [1.82, 2.24) is 0 Å². The summed E-state index contributed by atoms with van der Waals surface area (Å²) < 4.78 is 1.75. The van der Waals surface area contributed by atoms with Crippen molar-refractivity contribution >= 4 is 43.2 Å². The molecule has 98 valence electrons. The Hall–Kier alpha value is -1.40. The van der Waals surface area contributed by atoms with Crippen molar-refractivity contribution in [2.45, 2.75) is 6.54 Å². The Morgan fingerprint density at radius 2 is 1.79 bits per heavy atom. The fourth-order valence-corrected chi connectivity index (χ4v) is 2.33. The lowest BCUT2D eigenvalue weighted by Gasteiger charge is -2.08. The van der Waals surface area contributed by atoms with E-state index in [1.165, 1.54) is 12.1 Å². The highest BCUT2D eigenvalue weighted by molar-refractivity contribution is 9.10. The first-order chi connectivity index (χ1) is 9.06. The third-order valence-corrected chi connectivity index (χ3v) is 3.84. The van der Waals surface area contributed by atoms with Crippen LogP contribution in [0, 0.1) is 10.1 Å². The molecule has 0 fully saturated rings. The monoisotopic (exact) mass is 384 g/mol. The van der Waals surface area contributed by atoms with Crippen molar-refractivity contribution < 1.29 is 4.92 Å². The quantitative estimate of drug-likeness (QED) is 0.611. The molecule has 0 saturated heterocycles. The number of anilines is 1. The molecule has 0 aromatic heterocycles. The number of nitro benzene ring substituents is 1. The van der Waals surface area contributed by atoms with Gasteiger partial charge in [-0.05, 0) is 35.9 Å². The second kappa shape index (κ2) is 6.16. The number of nitrogens with one attached hydrogen (secondary N) is 1. The zero-order valence-corrected chi connectivity index (χ0v) is 12.9. The smallest absolute Gasteiger partial charge is 0.270 e. The highest BCUT2D eigenvalue weighted by Crippen LogP contribution is 2.24. The van der Waals surface area contributed by atoms with Crippen LogP contribution in [0.25, 0.3) is 0 Å². The molecule has 0 unspecified atom stereocenters. The molecule has 1 N–H and O–H groups in total. The van der Waals surface area contributed by atoms with Crippen LogP contribution in [0.5, 0.6) is 0 Å². The fourth-order valence-electron chi connectivity index (χ4n) is 1.56. The molecule has 2 aromatic carbocycles. The summed E-state index contributed by atoms with van der Waals surface area (Å²) in [5.74, 6) is 0. The molecule has 0 radical (unpaired) electrons. The van der Waals surface area contributed by atoms with Gasteiger partial charge in [-0.2, -0.15) is 0 Å². The predicted octanol–water partition coefficient (Wildman–Crippen LogP) is 4.73. The number of benzene rings is 2. The lowest BCUT2D eigenvalue weighted by molar-refractivity contribution is -0.384. The largest absolute Gasteiger partial charge is 0.381 e. The van der Waals surface area contributed by atoms with Gasteiger partial charge in [0.15, 0.2) is 0 Å². The second-order valence-corrected chi connectivity index (χ2v) is 5.66. The Morgan fingerprint density at radius 3 is 2.37 bits per heavy atom. The Labute approximate surface area is 127 Å². The fraction of sp³-hybridized carbons (Fsp3) is 0.0769. The van der Waals surface area contributed by atoms with E-state index in [0.29, 0.717) is 6.54 Å². The van der Waals surface area contributed by atoms with Crippen LogP contribution in [0.15, 0.2) is 51.4 Å². The summed E-state index contributed by atoms with van der Waals surface area (Å²) >= 11 is 6.72. The molecule has 0 heterocycles. The Morgan fingerprint density at radius 1 is 1.11 bits per heavy atom. The van der Waals surface area contributed by atoms with E-state index in [1.54, 1.807) is 6.07 Å². The lowest BCUT2D eigenvalue weighted by Crippen LogP contribution is -2.00. The van der Waals surface area contributed by atoms with Gasteiger partial charge in [-0.15, -0.1) is 0 Å². The van der Waals surface area contributed by atoms with Gasteiger partial charge in [0, 0.05) is 33.3 Å². The number of rotatable bonds is 4. The van der Waals surface area contributed by atoms with Crippen LogP contribution in [0.2, 0.25) is 0 Å². The summed E-state index contributed by atoms with van der Waals surface area (Å²) in [5.41, 5.74) is 2.04. The van der Waals surface area contributed by atoms with Crippen molar-refractivity contribution in [3.05, 3.63) is 67.1 Å². The topological polar surface area (TPSA) is 55.2 Å². The predicted molar refractivity (Wildman–Crippen MR) is 82.3 cm³/mol. The summed E-state index contributed by atoms with van der Waals surface area (Å²) in [5, 5.41) is 13.9. The van der Waals surface area contributed by atoms with Crippen LogP contribution >= 0.6 is 31.9 Å². The number of hydrogen-bond donors (Lipinski definition) is 1. The van der Waals surface area contributed by atoms with Crippen LogP contribution in [0.4, 0.5) is 11.4 Å².